The van der Waals surface area contributed by atoms with E-state index in [9.17, 15) is 14.4 Å². The summed E-state index contributed by atoms with van der Waals surface area (Å²) in [5.41, 5.74) is 0. The third-order valence-electron chi connectivity index (χ3n) is 10.9. The van der Waals surface area contributed by atoms with Gasteiger partial charge in [0, 0.05) is 19.3 Å². The van der Waals surface area contributed by atoms with Crippen molar-refractivity contribution >= 4 is 17.9 Å². The maximum atomic E-state index is 12.5. The molecule has 1 atom stereocenters. The summed E-state index contributed by atoms with van der Waals surface area (Å²) in [6.45, 7) is 6.35. The van der Waals surface area contributed by atoms with Gasteiger partial charge in [0.05, 0.1) is 0 Å². The van der Waals surface area contributed by atoms with Crippen LogP contribution in [0.15, 0.2) is 97.2 Å². The summed E-state index contributed by atoms with van der Waals surface area (Å²) < 4.78 is 16.5. The molecule has 0 bridgehead atoms. The van der Waals surface area contributed by atoms with E-state index in [0.717, 1.165) is 116 Å². The van der Waals surface area contributed by atoms with E-state index in [1.165, 1.54) is 77.0 Å². The second-order valence-electron chi connectivity index (χ2n) is 17.1. The molecule has 0 radical (unpaired) electrons. The second-order valence-corrected chi connectivity index (χ2v) is 17.1. The van der Waals surface area contributed by atoms with Crippen molar-refractivity contribution in [1.29, 1.82) is 0 Å². The predicted octanol–water partition coefficient (Wildman–Crippen LogP) is 17.4. The first-order valence-corrected chi connectivity index (χ1v) is 26.2. The van der Waals surface area contributed by atoms with Gasteiger partial charge < -0.3 is 14.2 Å². The van der Waals surface area contributed by atoms with Crippen LogP contribution in [0.25, 0.3) is 0 Å². The SMILES string of the molecule is CC/C=C\C/C=C\C/C=C\C/C=C\C/C=C\C/C=C\C/C=C\C/C=C\CCCCCCCCCCCCC(=O)OCC(COC(=O)CCCCCCC)OC(=O)CCCCCCCC. The molecule has 1 unspecified atom stereocenters. The lowest BCUT2D eigenvalue weighted by molar-refractivity contribution is -0.167. The van der Waals surface area contributed by atoms with Gasteiger partial charge in [0.15, 0.2) is 6.10 Å². The fraction of sp³-hybridized carbons (Fsp3) is 0.672. The number of ether oxygens (including phenoxy) is 3. The maximum absolute atomic E-state index is 12.5. The van der Waals surface area contributed by atoms with Gasteiger partial charge in [-0.15, -0.1) is 0 Å². The van der Waals surface area contributed by atoms with Gasteiger partial charge in [0.25, 0.3) is 0 Å². The molecule has 0 aromatic heterocycles. The number of carbonyl (C=O) groups is 3. The van der Waals surface area contributed by atoms with Crippen LogP contribution in [0.4, 0.5) is 0 Å². The first-order valence-electron chi connectivity index (χ1n) is 26.2. The van der Waals surface area contributed by atoms with Crippen molar-refractivity contribution in [3.05, 3.63) is 97.2 Å². The quantitative estimate of drug-likeness (QED) is 0.0262. The lowest BCUT2D eigenvalue weighted by Crippen LogP contribution is -2.30. The summed E-state index contributed by atoms with van der Waals surface area (Å²) in [6, 6.07) is 0. The van der Waals surface area contributed by atoms with Crippen LogP contribution in [0.5, 0.6) is 0 Å². The normalized spacial score (nSPS) is 12.9. The highest BCUT2D eigenvalue weighted by atomic mass is 16.6. The van der Waals surface area contributed by atoms with Crippen molar-refractivity contribution in [2.45, 2.75) is 239 Å². The molecular formula is C58H96O6. The second kappa shape index (κ2) is 52.0. The third kappa shape index (κ3) is 49.3. The van der Waals surface area contributed by atoms with E-state index in [2.05, 4.69) is 118 Å². The number of unbranched alkanes of at least 4 members (excludes halogenated alkanes) is 19. The summed E-state index contributed by atoms with van der Waals surface area (Å²) in [7, 11) is 0. The van der Waals surface area contributed by atoms with Gasteiger partial charge in [-0.3, -0.25) is 14.4 Å². The third-order valence-corrected chi connectivity index (χ3v) is 10.9. The topological polar surface area (TPSA) is 78.9 Å². The molecule has 0 saturated heterocycles. The largest absolute Gasteiger partial charge is 0.462 e. The van der Waals surface area contributed by atoms with Crippen LogP contribution >= 0.6 is 0 Å². The minimum absolute atomic E-state index is 0.0779. The summed E-state index contributed by atoms with van der Waals surface area (Å²) in [5.74, 6) is -0.911. The molecule has 0 amide bonds. The van der Waals surface area contributed by atoms with Gasteiger partial charge in [-0.25, -0.2) is 0 Å². The van der Waals surface area contributed by atoms with E-state index < -0.39 is 6.10 Å². The molecule has 364 valence electrons. The number of esters is 3. The molecule has 0 spiro atoms. The van der Waals surface area contributed by atoms with Gasteiger partial charge in [-0.1, -0.05) is 227 Å². The lowest BCUT2D eigenvalue weighted by Gasteiger charge is -2.18. The van der Waals surface area contributed by atoms with E-state index in [-0.39, 0.29) is 31.1 Å². The highest BCUT2D eigenvalue weighted by Gasteiger charge is 2.19. The molecule has 0 heterocycles. The van der Waals surface area contributed by atoms with Gasteiger partial charge in [-0.2, -0.15) is 0 Å². The summed E-state index contributed by atoms with van der Waals surface area (Å²) >= 11 is 0. The molecule has 0 aliphatic heterocycles. The Hall–Kier alpha value is -3.67. The Labute approximate surface area is 394 Å². The summed E-state index contributed by atoms with van der Waals surface area (Å²) in [6.07, 6.45) is 69.1. The Bertz CT molecular complexity index is 1300. The van der Waals surface area contributed by atoms with Gasteiger partial charge in [0.2, 0.25) is 0 Å². The van der Waals surface area contributed by atoms with Crippen molar-refractivity contribution in [2.24, 2.45) is 0 Å². The minimum Gasteiger partial charge on any atom is -0.462 e. The van der Waals surface area contributed by atoms with E-state index in [4.69, 9.17) is 14.2 Å². The number of carbonyl (C=O) groups excluding carboxylic acids is 3. The Balaban J connectivity index is 3.89. The van der Waals surface area contributed by atoms with Crippen molar-refractivity contribution < 1.29 is 28.6 Å². The smallest absolute Gasteiger partial charge is 0.306 e. The minimum atomic E-state index is -0.768. The monoisotopic (exact) mass is 889 g/mol. The average Bonchev–Trinajstić information content (AvgIpc) is 3.29. The molecule has 6 nitrogen and oxygen atoms in total. The van der Waals surface area contributed by atoms with Crippen LogP contribution in [-0.2, 0) is 28.6 Å². The standard InChI is InChI=1S/C58H96O6/c1-4-7-10-13-15-16-17-18-19-20-21-22-23-24-25-26-27-28-29-30-31-32-33-34-35-36-37-38-39-40-41-42-43-46-48-51-57(60)63-54-55(53-62-56(59)50-47-44-12-9-6-3)64-58(61)52-49-45-14-11-8-5-2/h7,10,15-16,18-19,21-22,24-25,27-28,30-31,33-34,55H,4-6,8-9,11-14,17,20,23,26,29,32,35-54H2,1-3H3/b10-7-,16-15-,19-18-,22-21-,25-24-,28-27-,31-30-,34-33-. The molecule has 6 heteroatoms. The molecule has 0 aromatic rings. The van der Waals surface area contributed by atoms with Crippen molar-refractivity contribution in [3.8, 4) is 0 Å². The van der Waals surface area contributed by atoms with E-state index in [1.54, 1.807) is 0 Å². The molecule has 0 saturated carbocycles. The van der Waals surface area contributed by atoms with Crippen LogP contribution in [0.3, 0.4) is 0 Å². The molecule has 0 aliphatic rings. The zero-order valence-electron chi connectivity index (χ0n) is 41.5. The van der Waals surface area contributed by atoms with Crippen LogP contribution in [0.1, 0.15) is 233 Å². The Morgan fingerprint density at radius 1 is 0.328 bits per heavy atom. The first kappa shape index (κ1) is 60.3. The molecule has 0 N–H and O–H groups in total. The van der Waals surface area contributed by atoms with E-state index >= 15 is 0 Å². The number of hydrogen-bond acceptors (Lipinski definition) is 6. The van der Waals surface area contributed by atoms with Crippen molar-refractivity contribution in [2.75, 3.05) is 13.2 Å². The number of allylic oxidation sites excluding steroid dienone is 16. The van der Waals surface area contributed by atoms with E-state index in [0.29, 0.717) is 19.3 Å². The molecule has 0 rings (SSSR count). The van der Waals surface area contributed by atoms with Crippen LogP contribution in [-0.4, -0.2) is 37.2 Å². The van der Waals surface area contributed by atoms with Gasteiger partial charge >= 0.3 is 17.9 Å². The lowest BCUT2D eigenvalue weighted by atomic mass is 10.1. The van der Waals surface area contributed by atoms with Crippen molar-refractivity contribution in [3.63, 3.8) is 0 Å². The Morgan fingerprint density at radius 3 is 0.953 bits per heavy atom. The van der Waals surface area contributed by atoms with Crippen LogP contribution in [0.2, 0.25) is 0 Å². The Kier molecular flexibility index (Phi) is 49.0. The summed E-state index contributed by atoms with van der Waals surface area (Å²) in [4.78, 5) is 37.3. The fourth-order valence-electron chi connectivity index (χ4n) is 6.93. The first-order chi connectivity index (χ1) is 31.5. The van der Waals surface area contributed by atoms with Crippen LogP contribution < -0.4 is 0 Å². The number of rotatable bonds is 46. The highest BCUT2D eigenvalue weighted by Crippen LogP contribution is 2.14. The van der Waals surface area contributed by atoms with Gasteiger partial charge in [0.1, 0.15) is 13.2 Å². The fourth-order valence-corrected chi connectivity index (χ4v) is 6.93. The summed E-state index contributed by atoms with van der Waals surface area (Å²) in [5, 5.41) is 0. The number of hydrogen-bond donors (Lipinski definition) is 0. The van der Waals surface area contributed by atoms with E-state index in [1.807, 2.05) is 0 Å². The average molecular weight is 889 g/mol. The predicted molar refractivity (Wildman–Crippen MR) is 274 cm³/mol. The van der Waals surface area contributed by atoms with Gasteiger partial charge in [-0.05, 0) is 83.5 Å². The van der Waals surface area contributed by atoms with Crippen molar-refractivity contribution in [1.82, 2.24) is 0 Å². The molecule has 0 aliphatic carbocycles. The maximum Gasteiger partial charge on any atom is 0.306 e. The Morgan fingerprint density at radius 2 is 0.609 bits per heavy atom. The molecule has 0 fully saturated rings. The highest BCUT2D eigenvalue weighted by molar-refractivity contribution is 5.71. The zero-order chi connectivity index (χ0) is 46.5. The zero-order valence-corrected chi connectivity index (χ0v) is 41.5. The molecule has 0 aromatic carbocycles. The molecule has 64 heavy (non-hydrogen) atoms. The molecular weight excluding hydrogens is 793 g/mol. The van der Waals surface area contributed by atoms with Crippen LogP contribution in [0, 0.1) is 0 Å².